The predicted molar refractivity (Wildman–Crippen MR) is 144 cm³/mol. The molecule has 198 valence electrons. The van der Waals surface area contributed by atoms with Crippen LogP contribution in [0.5, 0.6) is 11.5 Å². The number of methoxy groups -OCH3 is 2. The highest BCUT2D eigenvalue weighted by Gasteiger charge is 2.34. The van der Waals surface area contributed by atoms with Crippen molar-refractivity contribution in [1.82, 2.24) is 25.3 Å². The molecule has 0 aliphatic carbocycles. The number of pyridine rings is 1. The molecular formula is C28H32N6O4. The molecule has 2 amide bonds. The van der Waals surface area contributed by atoms with E-state index in [0.29, 0.717) is 46.2 Å². The second-order valence-electron chi connectivity index (χ2n) is 9.20. The molecule has 2 aromatic carbocycles. The SMILES string of the molecule is COc1ccc(N(C(=O)Cn2nnc3ccccc32)[C@@H](C(=O)NCCC(C)C)c2cccnc2)cc1OC. The Bertz CT molecular complexity index is 1390. The molecule has 10 heteroatoms. The molecule has 0 fully saturated rings. The molecule has 0 saturated heterocycles. The van der Waals surface area contributed by atoms with E-state index in [2.05, 4.69) is 34.5 Å². The second-order valence-corrected chi connectivity index (χ2v) is 9.20. The summed E-state index contributed by atoms with van der Waals surface area (Å²) in [6.45, 7) is 4.53. The monoisotopic (exact) mass is 516 g/mol. The summed E-state index contributed by atoms with van der Waals surface area (Å²) in [5.74, 6) is 0.673. The van der Waals surface area contributed by atoms with Crippen LogP contribution in [0.4, 0.5) is 5.69 Å². The van der Waals surface area contributed by atoms with E-state index in [-0.39, 0.29) is 18.4 Å². The van der Waals surface area contributed by atoms with Crippen molar-refractivity contribution in [1.29, 1.82) is 0 Å². The quantitative estimate of drug-likeness (QED) is 0.323. The van der Waals surface area contributed by atoms with Crippen molar-refractivity contribution in [3.63, 3.8) is 0 Å². The third kappa shape index (κ3) is 5.91. The van der Waals surface area contributed by atoms with E-state index in [1.807, 2.05) is 24.3 Å². The minimum absolute atomic E-state index is 0.134. The van der Waals surface area contributed by atoms with E-state index < -0.39 is 6.04 Å². The van der Waals surface area contributed by atoms with Gasteiger partial charge < -0.3 is 14.8 Å². The van der Waals surface area contributed by atoms with Crippen molar-refractivity contribution >= 4 is 28.5 Å². The Morgan fingerprint density at radius 3 is 2.53 bits per heavy atom. The summed E-state index contributed by atoms with van der Waals surface area (Å²) in [7, 11) is 3.06. The van der Waals surface area contributed by atoms with Gasteiger partial charge in [-0.15, -0.1) is 5.10 Å². The highest BCUT2D eigenvalue weighted by molar-refractivity contribution is 6.01. The van der Waals surface area contributed by atoms with Crippen molar-refractivity contribution in [2.75, 3.05) is 25.7 Å². The second kappa shape index (κ2) is 12.2. The van der Waals surface area contributed by atoms with Gasteiger partial charge in [0.1, 0.15) is 18.1 Å². The van der Waals surface area contributed by atoms with Gasteiger partial charge in [0.25, 0.3) is 0 Å². The highest BCUT2D eigenvalue weighted by Crippen LogP contribution is 2.35. The normalized spacial score (nSPS) is 11.8. The molecule has 0 bridgehead atoms. The molecule has 4 aromatic rings. The number of rotatable bonds is 11. The number of para-hydroxylation sites is 1. The van der Waals surface area contributed by atoms with Gasteiger partial charge in [0.05, 0.1) is 19.7 Å². The first kappa shape index (κ1) is 26.6. The number of benzene rings is 2. The lowest BCUT2D eigenvalue weighted by Crippen LogP contribution is -2.45. The molecule has 0 aliphatic heterocycles. The van der Waals surface area contributed by atoms with Gasteiger partial charge in [0, 0.05) is 36.3 Å². The molecule has 1 N–H and O–H groups in total. The van der Waals surface area contributed by atoms with Gasteiger partial charge in [-0.3, -0.25) is 19.5 Å². The van der Waals surface area contributed by atoms with E-state index in [4.69, 9.17) is 9.47 Å². The molecular weight excluding hydrogens is 484 g/mol. The zero-order valence-electron chi connectivity index (χ0n) is 22.0. The number of nitrogens with zero attached hydrogens (tertiary/aromatic N) is 5. The maximum atomic E-state index is 14.1. The summed E-state index contributed by atoms with van der Waals surface area (Å²) in [6.07, 6.45) is 4.03. The number of hydrogen-bond donors (Lipinski definition) is 1. The summed E-state index contributed by atoms with van der Waals surface area (Å²) >= 11 is 0. The molecule has 0 aliphatic rings. The molecule has 1 atom stereocenters. The van der Waals surface area contributed by atoms with Crippen LogP contribution in [0.1, 0.15) is 31.9 Å². The lowest BCUT2D eigenvalue weighted by atomic mass is 10.0. The summed E-state index contributed by atoms with van der Waals surface area (Å²) < 4.78 is 12.4. The summed E-state index contributed by atoms with van der Waals surface area (Å²) in [5.41, 5.74) is 2.42. The zero-order chi connectivity index (χ0) is 27.1. The van der Waals surface area contributed by atoms with Gasteiger partial charge in [-0.25, -0.2) is 4.68 Å². The Labute approximate surface area is 221 Å². The zero-order valence-corrected chi connectivity index (χ0v) is 22.0. The Morgan fingerprint density at radius 2 is 1.82 bits per heavy atom. The first-order valence-electron chi connectivity index (χ1n) is 12.4. The molecule has 4 rings (SSSR count). The molecule has 0 unspecified atom stereocenters. The highest BCUT2D eigenvalue weighted by atomic mass is 16.5. The van der Waals surface area contributed by atoms with Crippen LogP contribution in [-0.4, -0.2) is 52.6 Å². The topological polar surface area (TPSA) is 111 Å². The average Bonchev–Trinajstić information content (AvgIpc) is 3.34. The summed E-state index contributed by atoms with van der Waals surface area (Å²) in [5, 5.41) is 11.4. The molecule has 0 saturated carbocycles. The van der Waals surface area contributed by atoms with Gasteiger partial charge in [0.15, 0.2) is 11.5 Å². The Hall–Kier alpha value is -4.47. The minimum atomic E-state index is -0.990. The number of anilines is 1. The third-order valence-corrected chi connectivity index (χ3v) is 6.15. The molecule has 2 heterocycles. The van der Waals surface area contributed by atoms with Gasteiger partial charge >= 0.3 is 0 Å². The third-order valence-electron chi connectivity index (χ3n) is 6.15. The minimum Gasteiger partial charge on any atom is -0.493 e. The number of amides is 2. The number of ether oxygens (including phenoxy) is 2. The number of carbonyl (C=O) groups excluding carboxylic acids is 2. The van der Waals surface area contributed by atoms with Gasteiger partial charge in [-0.1, -0.05) is 37.3 Å². The van der Waals surface area contributed by atoms with Gasteiger partial charge in [-0.2, -0.15) is 0 Å². The van der Waals surface area contributed by atoms with Crippen LogP contribution in [0, 0.1) is 5.92 Å². The van der Waals surface area contributed by atoms with Crippen LogP contribution in [0.25, 0.3) is 11.0 Å². The van der Waals surface area contributed by atoms with Gasteiger partial charge in [0.2, 0.25) is 11.8 Å². The van der Waals surface area contributed by atoms with Crippen LogP contribution in [-0.2, 0) is 16.1 Å². The van der Waals surface area contributed by atoms with Crippen LogP contribution in [0.2, 0.25) is 0 Å². The molecule has 0 spiro atoms. The number of aromatic nitrogens is 4. The lowest BCUT2D eigenvalue weighted by Gasteiger charge is -2.32. The smallest absolute Gasteiger partial charge is 0.249 e. The largest absolute Gasteiger partial charge is 0.493 e. The lowest BCUT2D eigenvalue weighted by molar-refractivity contribution is -0.127. The Morgan fingerprint density at radius 1 is 1.03 bits per heavy atom. The van der Waals surface area contributed by atoms with E-state index in [1.165, 1.54) is 23.8 Å². The van der Waals surface area contributed by atoms with E-state index >= 15 is 0 Å². The number of carbonyl (C=O) groups is 2. The van der Waals surface area contributed by atoms with Crippen LogP contribution in [0.3, 0.4) is 0 Å². The molecule has 0 radical (unpaired) electrons. The van der Waals surface area contributed by atoms with Crippen LogP contribution < -0.4 is 19.7 Å². The predicted octanol–water partition coefficient (Wildman–Crippen LogP) is 3.78. The van der Waals surface area contributed by atoms with Crippen LogP contribution >= 0.6 is 0 Å². The fourth-order valence-electron chi connectivity index (χ4n) is 4.19. The molecule has 10 nitrogen and oxygen atoms in total. The first-order chi connectivity index (χ1) is 18.4. The summed E-state index contributed by atoms with van der Waals surface area (Å²) in [4.78, 5) is 33.5. The fourth-order valence-corrected chi connectivity index (χ4v) is 4.19. The van der Waals surface area contributed by atoms with Crippen molar-refractivity contribution in [3.05, 3.63) is 72.6 Å². The fraction of sp³-hybridized carbons (Fsp3) is 0.321. The molecule has 2 aromatic heterocycles. The maximum Gasteiger partial charge on any atom is 0.249 e. The van der Waals surface area contributed by atoms with Crippen molar-refractivity contribution in [3.8, 4) is 11.5 Å². The van der Waals surface area contributed by atoms with Crippen molar-refractivity contribution in [2.24, 2.45) is 5.92 Å². The van der Waals surface area contributed by atoms with Crippen molar-refractivity contribution < 1.29 is 19.1 Å². The van der Waals surface area contributed by atoms with E-state index in [1.54, 1.807) is 42.7 Å². The van der Waals surface area contributed by atoms with Crippen molar-refractivity contribution in [2.45, 2.75) is 32.9 Å². The Kier molecular flexibility index (Phi) is 8.52. The van der Waals surface area contributed by atoms with Crippen LogP contribution in [0.15, 0.2) is 67.0 Å². The van der Waals surface area contributed by atoms with E-state index in [9.17, 15) is 9.59 Å². The maximum absolute atomic E-state index is 14.1. The number of nitrogens with one attached hydrogen (secondary N) is 1. The number of fused-ring (bicyclic) bond motifs is 1. The Balaban J connectivity index is 1.79. The van der Waals surface area contributed by atoms with Gasteiger partial charge in [-0.05, 0) is 42.7 Å². The standard InChI is InChI=1S/C28H32N6O4/c1-19(2)13-15-30-28(36)27(20-8-7-14-29-17-20)34(21-11-12-24(37-3)25(16-21)38-4)26(35)18-33-23-10-6-5-9-22(23)31-32-33/h5-12,14,16-17,19,27H,13,15,18H2,1-4H3,(H,30,36)/t27-/m1/s1. The van der Waals surface area contributed by atoms with E-state index in [0.717, 1.165) is 6.42 Å². The molecule has 38 heavy (non-hydrogen) atoms. The summed E-state index contributed by atoms with van der Waals surface area (Å²) in [6, 6.07) is 15.0. The average molecular weight is 517 g/mol. The first-order valence-corrected chi connectivity index (χ1v) is 12.4. The number of hydrogen-bond acceptors (Lipinski definition) is 7.